The van der Waals surface area contributed by atoms with Crippen molar-refractivity contribution < 1.29 is 0 Å². The molecule has 1 aliphatic rings. The van der Waals surface area contributed by atoms with Crippen LogP contribution in [0, 0.1) is 5.92 Å². The molecule has 1 aromatic carbocycles. The summed E-state index contributed by atoms with van der Waals surface area (Å²) in [5.41, 5.74) is 1.47. The first-order valence-electron chi connectivity index (χ1n) is 8.18. The number of hydrogen-bond acceptors (Lipinski definition) is 1. The van der Waals surface area contributed by atoms with E-state index >= 15 is 0 Å². The van der Waals surface area contributed by atoms with E-state index in [1.807, 2.05) is 0 Å². The van der Waals surface area contributed by atoms with Gasteiger partial charge < -0.3 is 5.32 Å². The fourth-order valence-corrected chi connectivity index (χ4v) is 3.19. The lowest BCUT2D eigenvalue weighted by Crippen LogP contribution is -2.26. The van der Waals surface area contributed by atoms with Gasteiger partial charge in [-0.2, -0.15) is 0 Å². The first-order valence-corrected chi connectivity index (χ1v) is 8.18. The largest absolute Gasteiger partial charge is 0.310 e. The zero-order valence-electron chi connectivity index (χ0n) is 12.4. The summed E-state index contributed by atoms with van der Waals surface area (Å²) in [6, 6.07) is 11.6. The maximum Gasteiger partial charge on any atom is 0.0320 e. The van der Waals surface area contributed by atoms with E-state index < -0.39 is 0 Å². The van der Waals surface area contributed by atoms with Crippen LogP contribution in [-0.2, 0) is 0 Å². The minimum Gasteiger partial charge on any atom is -0.310 e. The summed E-state index contributed by atoms with van der Waals surface area (Å²) in [5.74, 6) is 0.928. The summed E-state index contributed by atoms with van der Waals surface area (Å²) in [6.07, 6.45) is 11.0. The van der Waals surface area contributed by atoms with E-state index in [1.54, 1.807) is 0 Å². The van der Waals surface area contributed by atoms with Crippen LogP contribution in [0.25, 0.3) is 0 Å². The molecule has 1 atom stereocenters. The second kappa shape index (κ2) is 8.37. The summed E-state index contributed by atoms with van der Waals surface area (Å²) >= 11 is 0. The van der Waals surface area contributed by atoms with Crippen LogP contribution in [0.4, 0.5) is 0 Å². The molecule has 1 N–H and O–H groups in total. The molecule has 1 heteroatoms. The van der Waals surface area contributed by atoms with Crippen molar-refractivity contribution >= 4 is 0 Å². The molecule has 0 saturated heterocycles. The van der Waals surface area contributed by atoms with Gasteiger partial charge in [0.05, 0.1) is 0 Å². The molecule has 0 aliphatic heterocycles. The van der Waals surface area contributed by atoms with Gasteiger partial charge >= 0.3 is 0 Å². The van der Waals surface area contributed by atoms with Crippen LogP contribution in [0.1, 0.15) is 69.9 Å². The summed E-state index contributed by atoms with van der Waals surface area (Å²) in [4.78, 5) is 0. The van der Waals surface area contributed by atoms with Gasteiger partial charge in [-0.1, -0.05) is 69.4 Å². The molecular weight excluding hydrogens is 230 g/mol. The van der Waals surface area contributed by atoms with Gasteiger partial charge in [-0.3, -0.25) is 0 Å². The van der Waals surface area contributed by atoms with Crippen LogP contribution < -0.4 is 5.32 Å². The Hall–Kier alpha value is -0.820. The van der Waals surface area contributed by atoms with Crippen LogP contribution >= 0.6 is 0 Å². The summed E-state index contributed by atoms with van der Waals surface area (Å²) in [5, 5.41) is 3.84. The molecule has 1 nitrogen and oxygen atoms in total. The zero-order chi connectivity index (χ0) is 13.3. The fraction of sp³-hybridized carbons (Fsp3) is 0.667. The molecule has 1 fully saturated rings. The van der Waals surface area contributed by atoms with Gasteiger partial charge in [0.2, 0.25) is 0 Å². The second-order valence-corrected chi connectivity index (χ2v) is 6.02. The third-order valence-corrected chi connectivity index (χ3v) is 4.43. The topological polar surface area (TPSA) is 12.0 Å². The van der Waals surface area contributed by atoms with E-state index in [0.29, 0.717) is 6.04 Å². The monoisotopic (exact) mass is 259 g/mol. The van der Waals surface area contributed by atoms with Gasteiger partial charge in [0.25, 0.3) is 0 Å². The fourth-order valence-electron chi connectivity index (χ4n) is 3.19. The van der Waals surface area contributed by atoms with Gasteiger partial charge in [0.1, 0.15) is 0 Å². The number of hydrogen-bond donors (Lipinski definition) is 1. The predicted molar refractivity (Wildman–Crippen MR) is 83.3 cm³/mol. The van der Waals surface area contributed by atoms with Gasteiger partial charge in [-0.15, -0.1) is 0 Å². The van der Waals surface area contributed by atoms with Crippen LogP contribution in [0.15, 0.2) is 30.3 Å². The molecule has 1 saturated carbocycles. The predicted octanol–water partition coefficient (Wildman–Crippen LogP) is 5.09. The summed E-state index contributed by atoms with van der Waals surface area (Å²) < 4.78 is 0. The zero-order valence-corrected chi connectivity index (χ0v) is 12.4. The Labute approximate surface area is 118 Å². The van der Waals surface area contributed by atoms with E-state index in [9.17, 15) is 0 Å². The Kier molecular flexibility index (Phi) is 6.43. The van der Waals surface area contributed by atoms with Crippen molar-refractivity contribution in [3.05, 3.63) is 35.9 Å². The average molecular weight is 259 g/mol. The third kappa shape index (κ3) is 4.99. The minimum atomic E-state index is 0.563. The molecule has 106 valence electrons. The van der Waals surface area contributed by atoms with E-state index in [2.05, 4.69) is 42.6 Å². The highest BCUT2D eigenvalue weighted by atomic mass is 14.9. The molecule has 0 aromatic heterocycles. The van der Waals surface area contributed by atoms with Crippen LogP contribution in [0.2, 0.25) is 0 Å². The lowest BCUT2D eigenvalue weighted by molar-refractivity contribution is 0.413. The molecule has 1 aliphatic carbocycles. The van der Waals surface area contributed by atoms with Crippen molar-refractivity contribution in [2.45, 2.75) is 64.3 Å². The van der Waals surface area contributed by atoms with Gasteiger partial charge in [0, 0.05) is 6.04 Å². The number of rotatable bonds is 8. The Bertz CT molecular complexity index is 327. The number of benzene rings is 1. The van der Waals surface area contributed by atoms with E-state index in [1.165, 1.54) is 63.5 Å². The van der Waals surface area contributed by atoms with Crippen LogP contribution in [0.5, 0.6) is 0 Å². The van der Waals surface area contributed by atoms with E-state index in [-0.39, 0.29) is 0 Å². The molecular formula is C18H29N. The second-order valence-electron chi connectivity index (χ2n) is 6.02. The number of unbranched alkanes of at least 4 members (excludes halogenated alkanes) is 2. The molecule has 0 radical (unpaired) electrons. The van der Waals surface area contributed by atoms with Crippen molar-refractivity contribution in [1.29, 1.82) is 0 Å². The van der Waals surface area contributed by atoms with Crippen molar-refractivity contribution in [2.75, 3.05) is 6.54 Å². The van der Waals surface area contributed by atoms with Crippen molar-refractivity contribution in [2.24, 2.45) is 5.92 Å². The Morgan fingerprint density at radius 2 is 1.84 bits per heavy atom. The molecule has 0 spiro atoms. The lowest BCUT2D eigenvalue weighted by atomic mass is 9.99. The minimum absolute atomic E-state index is 0.563. The van der Waals surface area contributed by atoms with Gasteiger partial charge in [-0.25, -0.2) is 0 Å². The molecule has 0 amide bonds. The molecule has 1 unspecified atom stereocenters. The highest BCUT2D eigenvalue weighted by molar-refractivity contribution is 5.18. The summed E-state index contributed by atoms with van der Waals surface area (Å²) in [6.45, 7) is 3.50. The summed E-state index contributed by atoms with van der Waals surface area (Å²) in [7, 11) is 0. The van der Waals surface area contributed by atoms with Crippen LogP contribution in [-0.4, -0.2) is 6.54 Å². The number of nitrogens with one attached hydrogen (secondary N) is 1. The van der Waals surface area contributed by atoms with E-state index in [4.69, 9.17) is 0 Å². The smallest absolute Gasteiger partial charge is 0.0320 e. The van der Waals surface area contributed by atoms with Crippen molar-refractivity contribution in [3.63, 3.8) is 0 Å². The van der Waals surface area contributed by atoms with Crippen molar-refractivity contribution in [3.8, 4) is 0 Å². The highest BCUT2D eigenvalue weighted by Crippen LogP contribution is 2.26. The molecule has 2 rings (SSSR count). The van der Waals surface area contributed by atoms with Gasteiger partial charge in [-0.05, 0) is 37.3 Å². The maximum absolute atomic E-state index is 3.84. The maximum atomic E-state index is 3.84. The third-order valence-electron chi connectivity index (χ3n) is 4.43. The lowest BCUT2D eigenvalue weighted by Gasteiger charge is -2.21. The Balaban J connectivity index is 1.85. The molecule has 19 heavy (non-hydrogen) atoms. The SMILES string of the molecule is CCCCCC(NCC1CCCC1)c1ccccc1. The van der Waals surface area contributed by atoms with Crippen molar-refractivity contribution in [1.82, 2.24) is 5.32 Å². The first kappa shape index (κ1) is 14.6. The Morgan fingerprint density at radius 1 is 1.11 bits per heavy atom. The molecule has 1 aromatic rings. The standard InChI is InChI=1S/C18H29N/c1-2-3-5-14-18(17-12-6-4-7-13-17)19-15-16-10-8-9-11-16/h4,6-7,12-13,16,18-19H,2-3,5,8-11,14-15H2,1H3. The normalized spacial score (nSPS) is 17.7. The molecule has 0 heterocycles. The van der Waals surface area contributed by atoms with Gasteiger partial charge in [0.15, 0.2) is 0 Å². The van der Waals surface area contributed by atoms with Crippen LogP contribution in [0.3, 0.4) is 0 Å². The quantitative estimate of drug-likeness (QED) is 0.641. The molecule has 0 bridgehead atoms. The average Bonchev–Trinajstić information content (AvgIpc) is 2.97. The van der Waals surface area contributed by atoms with E-state index in [0.717, 1.165) is 5.92 Å². The Morgan fingerprint density at radius 3 is 2.53 bits per heavy atom. The first-order chi connectivity index (χ1) is 9.40. The highest BCUT2D eigenvalue weighted by Gasteiger charge is 2.17.